The summed E-state index contributed by atoms with van der Waals surface area (Å²) in [6, 6.07) is 0. The van der Waals surface area contributed by atoms with E-state index in [2.05, 4.69) is 5.32 Å². The van der Waals surface area contributed by atoms with Gasteiger partial charge >= 0.3 is 11.9 Å². The summed E-state index contributed by atoms with van der Waals surface area (Å²) in [7, 11) is 0. The molecule has 7 nitrogen and oxygen atoms in total. The average Bonchev–Trinajstić information content (AvgIpc) is 2.28. The van der Waals surface area contributed by atoms with Crippen LogP contribution in [0.1, 0.15) is 13.3 Å². The maximum atomic E-state index is 11.0. The maximum absolute atomic E-state index is 11.0. The van der Waals surface area contributed by atoms with E-state index in [-0.39, 0.29) is 12.5 Å². The summed E-state index contributed by atoms with van der Waals surface area (Å²) in [5.41, 5.74) is 0. The van der Waals surface area contributed by atoms with Crippen LogP contribution in [0.3, 0.4) is 0 Å². The van der Waals surface area contributed by atoms with Crippen LogP contribution in [0.2, 0.25) is 0 Å². The molecular formula is C11H18N2O5. The number of piperidine rings is 1. The molecule has 0 bridgehead atoms. The second-order valence-electron chi connectivity index (χ2n) is 4.46. The van der Waals surface area contributed by atoms with Crippen LogP contribution in [0.4, 0.5) is 0 Å². The van der Waals surface area contributed by atoms with E-state index in [1.54, 1.807) is 0 Å². The number of hydrogen-bond acceptors (Lipinski definition) is 4. The minimum Gasteiger partial charge on any atom is -0.481 e. The Morgan fingerprint density at radius 1 is 1.22 bits per heavy atom. The van der Waals surface area contributed by atoms with Crippen molar-refractivity contribution in [2.24, 2.45) is 11.8 Å². The summed E-state index contributed by atoms with van der Waals surface area (Å²) in [6.45, 7) is 3.15. The summed E-state index contributed by atoms with van der Waals surface area (Å²) in [5, 5.41) is 20.6. The van der Waals surface area contributed by atoms with Crippen molar-refractivity contribution in [3.8, 4) is 0 Å². The van der Waals surface area contributed by atoms with Crippen LogP contribution in [-0.4, -0.2) is 59.1 Å². The molecule has 1 saturated heterocycles. The number of carbonyl (C=O) groups is 3. The molecule has 0 radical (unpaired) electrons. The van der Waals surface area contributed by atoms with E-state index in [1.807, 2.05) is 4.90 Å². The van der Waals surface area contributed by atoms with Crippen molar-refractivity contribution in [3.05, 3.63) is 0 Å². The van der Waals surface area contributed by atoms with Crippen LogP contribution in [0.15, 0.2) is 0 Å². The third-order valence-corrected chi connectivity index (χ3v) is 3.13. The second kappa shape index (κ2) is 6.34. The van der Waals surface area contributed by atoms with Gasteiger partial charge in [-0.25, -0.2) is 0 Å². The van der Waals surface area contributed by atoms with Crippen molar-refractivity contribution < 1.29 is 24.6 Å². The number of carbonyl (C=O) groups excluding carboxylic acids is 1. The Labute approximate surface area is 105 Å². The molecule has 0 aromatic carbocycles. The Morgan fingerprint density at radius 3 is 2.33 bits per heavy atom. The highest BCUT2D eigenvalue weighted by Crippen LogP contribution is 2.24. The smallest absolute Gasteiger partial charge is 0.308 e. The lowest BCUT2D eigenvalue weighted by atomic mass is 9.85. The summed E-state index contributed by atoms with van der Waals surface area (Å²) >= 11 is 0. The predicted molar refractivity (Wildman–Crippen MR) is 62.0 cm³/mol. The number of carboxylic acid groups (broad SMARTS) is 2. The molecule has 1 fully saturated rings. The number of hydrogen-bond donors (Lipinski definition) is 3. The highest BCUT2D eigenvalue weighted by Gasteiger charge is 2.38. The number of amides is 1. The SMILES string of the molecule is CC(=O)NCCN1CCC(C(=O)O)C(C(=O)O)C1. The van der Waals surface area contributed by atoms with Gasteiger partial charge in [-0.3, -0.25) is 14.4 Å². The standard InChI is InChI=1S/C11H18N2O5/c1-7(14)12-3-5-13-4-2-8(10(15)16)9(6-13)11(17)18/h8-9H,2-6H2,1H3,(H,12,14)(H,15,16)(H,17,18). The van der Waals surface area contributed by atoms with E-state index in [1.165, 1.54) is 6.92 Å². The zero-order valence-electron chi connectivity index (χ0n) is 10.3. The topological polar surface area (TPSA) is 107 Å². The van der Waals surface area contributed by atoms with E-state index in [0.29, 0.717) is 26.1 Å². The predicted octanol–water partition coefficient (Wildman–Crippen LogP) is -0.770. The van der Waals surface area contributed by atoms with Gasteiger partial charge in [0, 0.05) is 26.6 Å². The molecule has 1 aliphatic rings. The van der Waals surface area contributed by atoms with Gasteiger partial charge in [0.15, 0.2) is 0 Å². The van der Waals surface area contributed by atoms with E-state index in [9.17, 15) is 14.4 Å². The maximum Gasteiger partial charge on any atom is 0.308 e. The average molecular weight is 258 g/mol. The first-order valence-corrected chi connectivity index (χ1v) is 5.84. The van der Waals surface area contributed by atoms with Crippen molar-refractivity contribution in [2.75, 3.05) is 26.2 Å². The molecule has 0 aliphatic carbocycles. The first-order chi connectivity index (χ1) is 8.41. The molecule has 2 unspecified atom stereocenters. The number of likely N-dealkylation sites (tertiary alicyclic amines) is 1. The van der Waals surface area contributed by atoms with E-state index < -0.39 is 23.8 Å². The van der Waals surface area contributed by atoms with Crippen molar-refractivity contribution in [2.45, 2.75) is 13.3 Å². The Kier molecular flexibility index (Phi) is 5.08. The van der Waals surface area contributed by atoms with E-state index in [0.717, 1.165) is 0 Å². The highest BCUT2D eigenvalue weighted by atomic mass is 16.4. The lowest BCUT2D eigenvalue weighted by Gasteiger charge is -2.34. The van der Waals surface area contributed by atoms with Crippen LogP contribution in [0.25, 0.3) is 0 Å². The molecule has 0 aromatic rings. The minimum absolute atomic E-state index is 0.134. The Morgan fingerprint density at radius 2 is 1.83 bits per heavy atom. The van der Waals surface area contributed by atoms with Crippen LogP contribution >= 0.6 is 0 Å². The van der Waals surface area contributed by atoms with Gasteiger partial charge in [0.1, 0.15) is 0 Å². The zero-order chi connectivity index (χ0) is 13.7. The lowest BCUT2D eigenvalue weighted by Crippen LogP contribution is -2.48. The molecule has 3 N–H and O–H groups in total. The van der Waals surface area contributed by atoms with Crippen molar-refractivity contribution in [3.63, 3.8) is 0 Å². The number of carboxylic acids is 2. The van der Waals surface area contributed by atoms with Crippen LogP contribution in [0, 0.1) is 11.8 Å². The van der Waals surface area contributed by atoms with Gasteiger partial charge < -0.3 is 20.4 Å². The Hall–Kier alpha value is -1.63. The normalized spacial score (nSPS) is 24.5. The molecule has 0 spiro atoms. The van der Waals surface area contributed by atoms with E-state index in [4.69, 9.17) is 10.2 Å². The molecule has 1 amide bonds. The van der Waals surface area contributed by atoms with E-state index >= 15 is 0 Å². The number of nitrogens with zero attached hydrogens (tertiary/aromatic N) is 1. The van der Waals surface area contributed by atoms with Crippen molar-refractivity contribution >= 4 is 17.8 Å². The fourth-order valence-electron chi connectivity index (χ4n) is 2.16. The molecular weight excluding hydrogens is 240 g/mol. The molecule has 102 valence electrons. The number of rotatable bonds is 5. The Balaban J connectivity index is 2.50. The van der Waals surface area contributed by atoms with Gasteiger partial charge in [-0.2, -0.15) is 0 Å². The van der Waals surface area contributed by atoms with Gasteiger partial charge in [0.25, 0.3) is 0 Å². The zero-order valence-corrected chi connectivity index (χ0v) is 10.3. The summed E-state index contributed by atoms with van der Waals surface area (Å²) < 4.78 is 0. The Bertz CT molecular complexity index is 342. The first kappa shape index (κ1) is 14.4. The fourth-order valence-corrected chi connectivity index (χ4v) is 2.16. The van der Waals surface area contributed by atoms with Gasteiger partial charge in [-0.05, 0) is 13.0 Å². The monoisotopic (exact) mass is 258 g/mol. The van der Waals surface area contributed by atoms with Gasteiger partial charge in [-0.1, -0.05) is 0 Å². The van der Waals surface area contributed by atoms with Crippen LogP contribution in [-0.2, 0) is 14.4 Å². The highest BCUT2D eigenvalue weighted by molar-refractivity contribution is 5.80. The lowest BCUT2D eigenvalue weighted by molar-refractivity contribution is -0.157. The summed E-state index contributed by atoms with van der Waals surface area (Å²) in [6.07, 6.45) is 0.326. The summed E-state index contributed by atoms with van der Waals surface area (Å²) in [4.78, 5) is 34.5. The molecule has 1 heterocycles. The quantitative estimate of drug-likeness (QED) is 0.598. The molecule has 0 aromatic heterocycles. The van der Waals surface area contributed by atoms with Gasteiger partial charge in [0.05, 0.1) is 11.8 Å². The van der Waals surface area contributed by atoms with Crippen molar-refractivity contribution in [1.29, 1.82) is 0 Å². The third kappa shape index (κ3) is 3.99. The fraction of sp³-hybridized carbons (Fsp3) is 0.727. The van der Waals surface area contributed by atoms with Crippen LogP contribution in [0.5, 0.6) is 0 Å². The molecule has 1 aliphatic heterocycles. The molecule has 1 rings (SSSR count). The largest absolute Gasteiger partial charge is 0.481 e. The summed E-state index contributed by atoms with van der Waals surface area (Å²) in [5.74, 6) is -3.96. The van der Waals surface area contributed by atoms with Gasteiger partial charge in [-0.15, -0.1) is 0 Å². The van der Waals surface area contributed by atoms with Crippen LogP contribution < -0.4 is 5.32 Å². The molecule has 18 heavy (non-hydrogen) atoms. The first-order valence-electron chi connectivity index (χ1n) is 5.84. The van der Waals surface area contributed by atoms with Gasteiger partial charge in [0.2, 0.25) is 5.91 Å². The van der Waals surface area contributed by atoms with Crippen molar-refractivity contribution in [1.82, 2.24) is 10.2 Å². The molecule has 2 atom stereocenters. The third-order valence-electron chi connectivity index (χ3n) is 3.13. The number of nitrogens with one attached hydrogen (secondary N) is 1. The molecule has 0 saturated carbocycles. The number of aliphatic carboxylic acids is 2. The molecule has 7 heteroatoms. The second-order valence-corrected chi connectivity index (χ2v) is 4.46. The minimum atomic E-state index is -1.08.